The van der Waals surface area contributed by atoms with E-state index in [1.165, 1.54) is 4.88 Å². The van der Waals surface area contributed by atoms with Crippen LogP contribution in [-0.4, -0.2) is 41.2 Å². The topological polar surface area (TPSA) is 40.6 Å². The lowest BCUT2D eigenvalue weighted by Crippen LogP contribution is -2.47. The largest absolute Gasteiger partial charge is 0.334 e. The van der Waals surface area contributed by atoms with Crippen molar-refractivity contribution in [3.8, 4) is 0 Å². The van der Waals surface area contributed by atoms with Crippen LogP contribution in [-0.2, 0) is 16.0 Å². The first kappa shape index (κ1) is 26.1. The van der Waals surface area contributed by atoms with Crippen LogP contribution in [0.1, 0.15) is 69.5 Å². The maximum Gasteiger partial charge on any atom is 0.242 e. The Kier molecular flexibility index (Phi) is 8.52. The first-order valence-electron chi connectivity index (χ1n) is 11.6. The van der Waals surface area contributed by atoms with Gasteiger partial charge in [-0.25, -0.2) is 0 Å². The zero-order valence-electron chi connectivity index (χ0n) is 20.2. The van der Waals surface area contributed by atoms with Crippen LogP contribution in [0.15, 0.2) is 29.6 Å². The van der Waals surface area contributed by atoms with Gasteiger partial charge in [-0.3, -0.25) is 9.59 Å². The summed E-state index contributed by atoms with van der Waals surface area (Å²) in [5, 5.41) is 3.17. The van der Waals surface area contributed by atoms with E-state index in [1.807, 2.05) is 24.0 Å². The lowest BCUT2D eigenvalue weighted by molar-refractivity contribution is -0.142. The fraction of sp³-hybridized carbons (Fsp3) is 0.538. The number of fused-ring (bicyclic) bond motifs is 1. The molecule has 4 nitrogen and oxygen atoms in total. The van der Waals surface area contributed by atoms with Crippen molar-refractivity contribution >= 4 is 46.4 Å². The van der Waals surface area contributed by atoms with Gasteiger partial charge in [-0.15, -0.1) is 11.3 Å². The van der Waals surface area contributed by atoms with E-state index in [2.05, 4.69) is 39.1 Å². The van der Waals surface area contributed by atoms with Gasteiger partial charge in [0.05, 0.1) is 12.6 Å². The third-order valence-corrected chi connectivity index (χ3v) is 7.65. The first-order valence-corrected chi connectivity index (χ1v) is 13.2. The second kappa shape index (κ2) is 10.8. The quantitative estimate of drug-likeness (QED) is 0.410. The van der Waals surface area contributed by atoms with Gasteiger partial charge in [0.2, 0.25) is 11.8 Å². The van der Waals surface area contributed by atoms with Gasteiger partial charge in [-0.1, -0.05) is 57.0 Å². The summed E-state index contributed by atoms with van der Waals surface area (Å²) in [4.78, 5) is 31.4. The van der Waals surface area contributed by atoms with Crippen molar-refractivity contribution in [1.29, 1.82) is 0 Å². The monoisotopic (exact) mass is 508 g/mol. The Bertz CT molecular complexity index is 998. The molecule has 1 aromatic carbocycles. The van der Waals surface area contributed by atoms with E-state index < -0.39 is 0 Å². The third kappa shape index (κ3) is 6.52. The van der Waals surface area contributed by atoms with Crippen molar-refractivity contribution in [3.05, 3.63) is 55.7 Å². The summed E-state index contributed by atoms with van der Waals surface area (Å²) in [5.74, 6) is 0.254. The summed E-state index contributed by atoms with van der Waals surface area (Å²) < 4.78 is 0. The highest BCUT2D eigenvalue weighted by Gasteiger charge is 2.35. The molecule has 2 amide bonds. The smallest absolute Gasteiger partial charge is 0.242 e. The normalized spacial score (nSPS) is 16.9. The number of rotatable bonds is 7. The molecule has 0 radical (unpaired) electrons. The molecule has 7 heteroatoms. The predicted molar refractivity (Wildman–Crippen MR) is 138 cm³/mol. The average Bonchev–Trinajstić information content (AvgIpc) is 3.18. The summed E-state index contributed by atoms with van der Waals surface area (Å²) in [6.07, 6.45) is 2.23. The van der Waals surface area contributed by atoms with Gasteiger partial charge in [-0.05, 0) is 65.8 Å². The minimum atomic E-state index is -0.272. The molecule has 1 aromatic heterocycles. The summed E-state index contributed by atoms with van der Waals surface area (Å²) >= 11 is 14.4. The number of likely N-dealkylation sites (N-methyl/N-ethyl adjacent to an activating group) is 1. The summed E-state index contributed by atoms with van der Waals surface area (Å²) in [7, 11) is 0. The van der Waals surface area contributed by atoms with Crippen molar-refractivity contribution in [3.63, 3.8) is 0 Å². The Morgan fingerprint density at radius 3 is 2.58 bits per heavy atom. The van der Waals surface area contributed by atoms with Gasteiger partial charge in [0.25, 0.3) is 0 Å². The zero-order chi connectivity index (χ0) is 24.3. The molecular weight excluding hydrogens is 475 g/mol. The number of nitrogens with zero attached hydrogens (tertiary/aromatic N) is 2. The number of thiophene rings is 1. The third-order valence-electron chi connectivity index (χ3n) is 6.09. The van der Waals surface area contributed by atoms with Crippen LogP contribution in [0.2, 0.25) is 10.0 Å². The molecule has 0 bridgehead atoms. The maximum absolute atomic E-state index is 13.5. The number of hydrogen-bond donors (Lipinski definition) is 0. The van der Waals surface area contributed by atoms with Gasteiger partial charge in [-0.2, -0.15) is 0 Å². The minimum Gasteiger partial charge on any atom is -0.334 e. The van der Waals surface area contributed by atoms with Crippen LogP contribution in [0.5, 0.6) is 0 Å². The van der Waals surface area contributed by atoms with E-state index in [9.17, 15) is 9.59 Å². The SMILES string of the molecule is CCN(CC(=O)N1CCc2sccc2C1c1ccc(Cl)cc1Cl)C(=O)CC(C)CC(C)(C)C. The van der Waals surface area contributed by atoms with Crippen LogP contribution in [0, 0.1) is 11.3 Å². The molecule has 1 aliphatic heterocycles. The van der Waals surface area contributed by atoms with Crippen LogP contribution >= 0.6 is 34.5 Å². The number of carbonyl (C=O) groups is 2. The molecule has 2 heterocycles. The second-order valence-corrected chi connectivity index (χ2v) is 12.0. The van der Waals surface area contributed by atoms with Gasteiger partial charge < -0.3 is 9.80 Å². The van der Waals surface area contributed by atoms with E-state index in [0.717, 1.165) is 24.0 Å². The Labute approximate surface area is 211 Å². The van der Waals surface area contributed by atoms with E-state index in [1.54, 1.807) is 22.3 Å². The zero-order valence-corrected chi connectivity index (χ0v) is 22.5. The van der Waals surface area contributed by atoms with Crippen molar-refractivity contribution in [2.24, 2.45) is 11.3 Å². The van der Waals surface area contributed by atoms with Gasteiger partial charge in [0, 0.05) is 34.4 Å². The fourth-order valence-corrected chi connectivity index (χ4v) is 6.23. The van der Waals surface area contributed by atoms with Gasteiger partial charge >= 0.3 is 0 Å². The van der Waals surface area contributed by atoms with Crippen LogP contribution in [0.4, 0.5) is 0 Å². The van der Waals surface area contributed by atoms with Gasteiger partial charge in [0.1, 0.15) is 0 Å². The molecule has 2 unspecified atom stereocenters. The average molecular weight is 510 g/mol. The molecule has 1 aliphatic rings. The number of carbonyl (C=O) groups excluding carboxylic acids is 2. The molecule has 0 N–H and O–H groups in total. The highest BCUT2D eigenvalue weighted by atomic mass is 35.5. The van der Waals surface area contributed by atoms with Crippen molar-refractivity contribution in [2.75, 3.05) is 19.6 Å². The summed E-state index contributed by atoms with van der Waals surface area (Å²) in [6.45, 7) is 11.8. The molecule has 180 valence electrons. The lowest BCUT2D eigenvalue weighted by atomic mass is 9.84. The molecular formula is C26H34Cl2N2O2S. The van der Waals surface area contributed by atoms with Crippen LogP contribution in [0.3, 0.4) is 0 Å². The molecule has 33 heavy (non-hydrogen) atoms. The van der Waals surface area contributed by atoms with Crippen molar-refractivity contribution < 1.29 is 9.59 Å². The summed E-state index contributed by atoms with van der Waals surface area (Å²) in [6, 6.07) is 7.24. The second-order valence-electron chi connectivity index (χ2n) is 10.2. The standard InChI is InChI=1S/C26H34Cl2N2O2S/c1-6-29(23(31)13-17(2)15-26(3,4)5)16-24(32)30-11-9-22-20(10-12-33-22)25(30)19-8-7-18(27)14-21(19)28/h7-8,10,12,14,17,25H,6,9,11,13,15-16H2,1-5H3. The Hall–Kier alpha value is -1.56. The van der Waals surface area contributed by atoms with E-state index in [-0.39, 0.29) is 35.7 Å². The molecule has 0 saturated heterocycles. The number of amides is 2. The molecule has 2 atom stereocenters. The first-order chi connectivity index (χ1) is 15.5. The number of benzene rings is 1. The van der Waals surface area contributed by atoms with Crippen molar-refractivity contribution in [2.45, 2.75) is 59.9 Å². The minimum absolute atomic E-state index is 0.0388. The molecule has 0 fully saturated rings. The van der Waals surface area contributed by atoms with E-state index in [0.29, 0.717) is 29.6 Å². The molecule has 2 aromatic rings. The van der Waals surface area contributed by atoms with E-state index in [4.69, 9.17) is 23.2 Å². The Balaban J connectivity index is 1.80. The highest BCUT2D eigenvalue weighted by molar-refractivity contribution is 7.10. The lowest BCUT2D eigenvalue weighted by Gasteiger charge is -2.38. The van der Waals surface area contributed by atoms with Crippen LogP contribution < -0.4 is 0 Å². The Morgan fingerprint density at radius 1 is 1.21 bits per heavy atom. The van der Waals surface area contributed by atoms with E-state index >= 15 is 0 Å². The van der Waals surface area contributed by atoms with Crippen molar-refractivity contribution in [1.82, 2.24) is 9.80 Å². The van der Waals surface area contributed by atoms with Crippen LogP contribution in [0.25, 0.3) is 0 Å². The molecule has 0 spiro atoms. The number of hydrogen-bond acceptors (Lipinski definition) is 3. The highest BCUT2D eigenvalue weighted by Crippen LogP contribution is 2.41. The Morgan fingerprint density at radius 2 is 1.94 bits per heavy atom. The fourth-order valence-electron chi connectivity index (χ4n) is 4.82. The van der Waals surface area contributed by atoms with Gasteiger partial charge in [0.15, 0.2) is 0 Å². The molecule has 0 aliphatic carbocycles. The molecule has 0 saturated carbocycles. The summed E-state index contributed by atoms with van der Waals surface area (Å²) in [5.41, 5.74) is 2.14. The maximum atomic E-state index is 13.5. The molecule has 3 rings (SSSR count). The predicted octanol–water partition coefficient (Wildman–Crippen LogP) is 6.84. The number of halogens is 2.